The standard InChI is InChI=1S/C19H21F3N2O5/c1-27-11-14(10-23-13-6-4-12(5-7-13)19(20,21)22)24-9-8-15(17(25)28-2)16(24)18(26)29-3/h4-9,14,23H,10-11H2,1-3H3. The minimum absolute atomic E-state index is 0.00406. The van der Waals surface area contributed by atoms with Gasteiger partial charge in [-0.25, -0.2) is 9.59 Å². The molecule has 29 heavy (non-hydrogen) atoms. The summed E-state index contributed by atoms with van der Waals surface area (Å²) in [5.41, 5.74) is -0.262. The van der Waals surface area contributed by atoms with Gasteiger partial charge in [0.05, 0.1) is 38.0 Å². The predicted octanol–water partition coefficient (Wildman–Crippen LogP) is 3.38. The van der Waals surface area contributed by atoms with Crippen molar-refractivity contribution < 1.29 is 37.0 Å². The van der Waals surface area contributed by atoms with Crippen LogP contribution in [0.2, 0.25) is 0 Å². The fourth-order valence-electron chi connectivity index (χ4n) is 2.78. The zero-order valence-electron chi connectivity index (χ0n) is 16.1. The molecule has 0 bridgehead atoms. The fraction of sp³-hybridized carbons (Fsp3) is 0.368. The molecule has 1 N–H and O–H groups in total. The molecule has 1 heterocycles. The van der Waals surface area contributed by atoms with Crippen LogP contribution in [0.5, 0.6) is 0 Å². The molecule has 1 aromatic carbocycles. The normalized spacial score (nSPS) is 12.3. The van der Waals surface area contributed by atoms with Crippen molar-refractivity contribution in [2.75, 3.05) is 39.8 Å². The van der Waals surface area contributed by atoms with E-state index in [0.29, 0.717) is 5.69 Å². The maximum absolute atomic E-state index is 12.7. The number of benzene rings is 1. The number of hydrogen-bond acceptors (Lipinski definition) is 6. The van der Waals surface area contributed by atoms with Crippen LogP contribution in [0.3, 0.4) is 0 Å². The molecule has 10 heteroatoms. The van der Waals surface area contributed by atoms with Crippen LogP contribution in [-0.2, 0) is 20.4 Å². The summed E-state index contributed by atoms with van der Waals surface area (Å²) in [5, 5.41) is 3.01. The Hall–Kier alpha value is -3.01. The molecular weight excluding hydrogens is 393 g/mol. The summed E-state index contributed by atoms with van der Waals surface area (Å²) in [6.07, 6.45) is -2.89. The van der Waals surface area contributed by atoms with Crippen LogP contribution >= 0.6 is 0 Å². The molecule has 0 amide bonds. The van der Waals surface area contributed by atoms with Crippen molar-refractivity contribution in [1.82, 2.24) is 4.57 Å². The topological polar surface area (TPSA) is 78.8 Å². The van der Waals surface area contributed by atoms with Crippen LogP contribution in [0.4, 0.5) is 18.9 Å². The first-order valence-corrected chi connectivity index (χ1v) is 8.50. The van der Waals surface area contributed by atoms with Gasteiger partial charge < -0.3 is 24.1 Å². The number of halogens is 3. The smallest absolute Gasteiger partial charge is 0.416 e. The van der Waals surface area contributed by atoms with Crippen LogP contribution in [0, 0.1) is 0 Å². The Kier molecular flexibility index (Phi) is 7.27. The molecule has 0 saturated carbocycles. The molecule has 158 valence electrons. The van der Waals surface area contributed by atoms with Crippen molar-refractivity contribution in [3.05, 3.63) is 53.3 Å². The van der Waals surface area contributed by atoms with Crippen LogP contribution < -0.4 is 5.32 Å². The summed E-state index contributed by atoms with van der Waals surface area (Å²) in [5.74, 6) is -1.43. The van der Waals surface area contributed by atoms with Gasteiger partial charge in [-0.15, -0.1) is 0 Å². The number of hydrogen-bond donors (Lipinski definition) is 1. The summed E-state index contributed by atoms with van der Waals surface area (Å²) >= 11 is 0. The number of carbonyl (C=O) groups excluding carboxylic acids is 2. The van der Waals surface area contributed by atoms with Gasteiger partial charge in [-0.05, 0) is 30.3 Å². The van der Waals surface area contributed by atoms with E-state index in [1.54, 1.807) is 0 Å². The van der Waals surface area contributed by atoms with E-state index in [1.807, 2.05) is 0 Å². The van der Waals surface area contributed by atoms with E-state index < -0.39 is 29.7 Å². The molecule has 0 aliphatic carbocycles. The number of nitrogens with one attached hydrogen (secondary N) is 1. The average molecular weight is 414 g/mol. The molecule has 7 nitrogen and oxygen atoms in total. The molecule has 0 fully saturated rings. The number of aromatic nitrogens is 1. The van der Waals surface area contributed by atoms with E-state index in [0.717, 1.165) is 12.1 Å². The van der Waals surface area contributed by atoms with E-state index in [1.165, 1.54) is 50.3 Å². The fourth-order valence-corrected chi connectivity index (χ4v) is 2.78. The van der Waals surface area contributed by atoms with Gasteiger partial charge in [-0.1, -0.05) is 0 Å². The summed E-state index contributed by atoms with van der Waals surface area (Å²) < 4.78 is 54.2. The first-order valence-electron chi connectivity index (χ1n) is 8.50. The Balaban J connectivity index is 2.26. The van der Waals surface area contributed by atoms with Crippen molar-refractivity contribution in [1.29, 1.82) is 0 Å². The van der Waals surface area contributed by atoms with Gasteiger partial charge in [0, 0.05) is 25.5 Å². The highest BCUT2D eigenvalue weighted by Crippen LogP contribution is 2.30. The molecule has 0 spiro atoms. The van der Waals surface area contributed by atoms with Crippen LogP contribution in [-0.4, -0.2) is 51.0 Å². The lowest BCUT2D eigenvalue weighted by Gasteiger charge is -2.22. The Morgan fingerprint density at radius 2 is 1.66 bits per heavy atom. The monoisotopic (exact) mass is 414 g/mol. The van der Waals surface area contributed by atoms with Crippen molar-refractivity contribution in [3.63, 3.8) is 0 Å². The Morgan fingerprint density at radius 1 is 1.03 bits per heavy atom. The summed E-state index contributed by atoms with van der Waals surface area (Å²) in [4.78, 5) is 24.2. The van der Waals surface area contributed by atoms with E-state index in [2.05, 4.69) is 5.32 Å². The van der Waals surface area contributed by atoms with Gasteiger partial charge in [0.25, 0.3) is 0 Å². The third-order valence-corrected chi connectivity index (χ3v) is 4.21. The van der Waals surface area contributed by atoms with E-state index in [-0.39, 0.29) is 24.4 Å². The van der Waals surface area contributed by atoms with Gasteiger partial charge >= 0.3 is 18.1 Å². The third-order valence-electron chi connectivity index (χ3n) is 4.21. The van der Waals surface area contributed by atoms with E-state index in [4.69, 9.17) is 14.2 Å². The van der Waals surface area contributed by atoms with Gasteiger partial charge in [0.1, 0.15) is 5.69 Å². The minimum Gasteiger partial charge on any atom is -0.465 e. The molecular formula is C19H21F3N2O5. The summed E-state index contributed by atoms with van der Waals surface area (Å²) in [6.45, 7) is 0.366. The SMILES string of the molecule is COCC(CNc1ccc(C(F)(F)F)cc1)n1ccc(C(=O)OC)c1C(=O)OC. The summed E-state index contributed by atoms with van der Waals surface area (Å²) in [7, 11) is 3.85. The molecule has 1 aromatic heterocycles. The molecule has 2 rings (SSSR count). The van der Waals surface area contributed by atoms with Crippen LogP contribution in [0.25, 0.3) is 0 Å². The molecule has 2 aromatic rings. The van der Waals surface area contributed by atoms with Gasteiger partial charge in [0.2, 0.25) is 0 Å². The molecule has 0 aliphatic heterocycles. The van der Waals surface area contributed by atoms with Crippen LogP contribution in [0.1, 0.15) is 32.5 Å². The quantitative estimate of drug-likeness (QED) is 0.668. The zero-order valence-corrected chi connectivity index (χ0v) is 16.1. The highest BCUT2D eigenvalue weighted by molar-refractivity contribution is 6.02. The first-order chi connectivity index (χ1) is 13.7. The van der Waals surface area contributed by atoms with E-state index in [9.17, 15) is 22.8 Å². The summed E-state index contributed by atoms with van der Waals surface area (Å²) in [6, 6.07) is 5.53. The molecule has 1 unspecified atom stereocenters. The first kappa shape index (κ1) is 22.3. The maximum Gasteiger partial charge on any atom is 0.416 e. The number of nitrogens with zero attached hydrogens (tertiary/aromatic N) is 1. The van der Waals surface area contributed by atoms with Gasteiger partial charge in [-0.2, -0.15) is 13.2 Å². The van der Waals surface area contributed by atoms with Crippen molar-refractivity contribution in [2.45, 2.75) is 12.2 Å². The zero-order chi connectivity index (χ0) is 21.6. The highest BCUT2D eigenvalue weighted by atomic mass is 19.4. The number of rotatable bonds is 8. The second-order valence-electron chi connectivity index (χ2n) is 6.03. The van der Waals surface area contributed by atoms with Gasteiger partial charge in [-0.3, -0.25) is 0 Å². The second kappa shape index (κ2) is 9.46. The number of methoxy groups -OCH3 is 3. The largest absolute Gasteiger partial charge is 0.465 e. The van der Waals surface area contributed by atoms with Crippen molar-refractivity contribution in [2.24, 2.45) is 0 Å². The lowest BCUT2D eigenvalue weighted by molar-refractivity contribution is -0.137. The number of ether oxygens (including phenoxy) is 3. The Morgan fingerprint density at radius 3 is 2.17 bits per heavy atom. The van der Waals surface area contributed by atoms with Crippen LogP contribution in [0.15, 0.2) is 36.5 Å². The molecule has 0 radical (unpaired) electrons. The van der Waals surface area contributed by atoms with Gasteiger partial charge in [0.15, 0.2) is 0 Å². The lowest BCUT2D eigenvalue weighted by Crippen LogP contribution is -2.27. The lowest BCUT2D eigenvalue weighted by atomic mass is 10.2. The van der Waals surface area contributed by atoms with E-state index >= 15 is 0 Å². The maximum atomic E-state index is 12.7. The molecule has 0 saturated heterocycles. The number of alkyl halides is 3. The van der Waals surface area contributed by atoms with Crippen molar-refractivity contribution >= 4 is 17.6 Å². The Bertz CT molecular complexity index is 847. The number of esters is 2. The van der Waals surface area contributed by atoms with Crippen molar-refractivity contribution in [3.8, 4) is 0 Å². The highest BCUT2D eigenvalue weighted by Gasteiger charge is 2.30. The Labute approximate surface area is 165 Å². The minimum atomic E-state index is -4.41. The number of carbonyl (C=O) groups is 2. The second-order valence-corrected chi connectivity index (χ2v) is 6.03. The average Bonchev–Trinajstić information content (AvgIpc) is 3.14. The predicted molar refractivity (Wildman–Crippen MR) is 98.0 cm³/mol. The third kappa shape index (κ3) is 5.29. The molecule has 0 aliphatic rings. The number of anilines is 1. The molecule has 1 atom stereocenters.